The molecule has 0 aromatic heterocycles. The predicted molar refractivity (Wildman–Crippen MR) is 73.7 cm³/mol. The van der Waals surface area contributed by atoms with Gasteiger partial charge in [0.1, 0.15) is 0 Å². The van der Waals surface area contributed by atoms with Gasteiger partial charge in [0.15, 0.2) is 0 Å². The van der Waals surface area contributed by atoms with Crippen LogP contribution >= 0.6 is 11.8 Å². The summed E-state index contributed by atoms with van der Waals surface area (Å²) in [6, 6.07) is 2.56. The van der Waals surface area contributed by atoms with Crippen molar-refractivity contribution in [1.29, 1.82) is 0 Å². The molecule has 1 fully saturated rings. The number of sulfonamides is 1. The molecule has 0 aliphatic carbocycles. The molecule has 1 atom stereocenters. The summed E-state index contributed by atoms with van der Waals surface area (Å²) >= 11 is 1.70. The first-order valence-corrected chi connectivity index (χ1v) is 8.48. The molecule has 0 spiro atoms. The number of rotatable bonds is 5. The van der Waals surface area contributed by atoms with E-state index in [1.165, 1.54) is 0 Å². The summed E-state index contributed by atoms with van der Waals surface area (Å²) < 4.78 is 39.8. The summed E-state index contributed by atoms with van der Waals surface area (Å²) in [5.41, 5.74) is -0.740. The first-order valence-electron chi connectivity index (χ1n) is 5.95. The maximum absolute atomic E-state index is 13.4. The Balaban J connectivity index is 2.12. The molecule has 0 bridgehead atoms. The zero-order valence-corrected chi connectivity index (χ0v) is 12.0. The van der Waals surface area contributed by atoms with E-state index in [0.717, 1.165) is 30.7 Å². The topological polar surface area (TPSA) is 89.3 Å². The first-order chi connectivity index (χ1) is 9.40. The third-order valence-corrected chi connectivity index (χ3v) is 5.77. The molecule has 1 heterocycles. The molecule has 9 heteroatoms. The Morgan fingerprint density at radius 2 is 2.25 bits per heavy atom. The highest BCUT2D eigenvalue weighted by molar-refractivity contribution is 8.00. The molecule has 6 nitrogen and oxygen atoms in total. The zero-order chi connectivity index (χ0) is 14.8. The average Bonchev–Trinajstić information content (AvgIpc) is 2.89. The van der Waals surface area contributed by atoms with E-state index in [0.29, 0.717) is 6.07 Å². The summed E-state index contributed by atoms with van der Waals surface area (Å²) in [5.74, 6) is -0.147. The van der Waals surface area contributed by atoms with Crippen LogP contribution in [0.5, 0.6) is 0 Å². The van der Waals surface area contributed by atoms with E-state index in [2.05, 4.69) is 4.72 Å². The fourth-order valence-corrected chi connectivity index (χ4v) is 4.29. The Bertz CT molecular complexity index is 615. The van der Waals surface area contributed by atoms with E-state index < -0.39 is 26.5 Å². The van der Waals surface area contributed by atoms with Crippen LogP contribution in [0, 0.1) is 15.9 Å². The van der Waals surface area contributed by atoms with Crippen molar-refractivity contribution in [3.8, 4) is 0 Å². The largest absolute Gasteiger partial charge is 0.304 e. The van der Waals surface area contributed by atoms with Gasteiger partial charge in [0, 0.05) is 23.9 Å². The van der Waals surface area contributed by atoms with Gasteiger partial charge in [-0.2, -0.15) is 16.2 Å². The highest BCUT2D eigenvalue weighted by Crippen LogP contribution is 2.26. The molecule has 1 aliphatic rings. The molecule has 1 saturated heterocycles. The third kappa shape index (κ3) is 3.47. The highest BCUT2D eigenvalue weighted by Gasteiger charge is 2.23. The van der Waals surface area contributed by atoms with Crippen molar-refractivity contribution >= 4 is 27.5 Å². The molecule has 2 rings (SSSR count). The Morgan fingerprint density at radius 3 is 2.80 bits per heavy atom. The van der Waals surface area contributed by atoms with E-state index >= 15 is 0 Å². The van der Waals surface area contributed by atoms with Crippen LogP contribution in [0.2, 0.25) is 0 Å². The molecule has 0 saturated carbocycles. The molecule has 0 amide bonds. The molecule has 0 radical (unpaired) electrons. The quantitative estimate of drug-likeness (QED) is 0.661. The average molecular weight is 320 g/mol. The minimum Gasteiger partial charge on any atom is -0.258 e. The van der Waals surface area contributed by atoms with Crippen LogP contribution in [-0.2, 0) is 10.0 Å². The van der Waals surface area contributed by atoms with Crippen molar-refractivity contribution < 1.29 is 17.7 Å². The van der Waals surface area contributed by atoms with E-state index in [-0.39, 0.29) is 16.7 Å². The molecular weight excluding hydrogens is 307 g/mol. The van der Waals surface area contributed by atoms with Gasteiger partial charge in [0.2, 0.25) is 15.8 Å². The Kier molecular flexibility index (Phi) is 4.61. The lowest BCUT2D eigenvalue weighted by atomic mass is 10.2. The molecule has 1 aliphatic heterocycles. The lowest BCUT2D eigenvalue weighted by Gasteiger charge is -2.10. The summed E-state index contributed by atoms with van der Waals surface area (Å²) in [6.07, 6.45) is 2.00. The van der Waals surface area contributed by atoms with Crippen molar-refractivity contribution in [2.75, 3.05) is 12.3 Å². The van der Waals surface area contributed by atoms with Gasteiger partial charge in [0.25, 0.3) is 0 Å². The Hall–Kier alpha value is -1.19. The van der Waals surface area contributed by atoms with Crippen molar-refractivity contribution in [3.63, 3.8) is 0 Å². The van der Waals surface area contributed by atoms with E-state index in [4.69, 9.17) is 0 Å². The van der Waals surface area contributed by atoms with E-state index in [1.54, 1.807) is 11.8 Å². The Labute approximate surface area is 120 Å². The van der Waals surface area contributed by atoms with E-state index in [1.807, 2.05) is 0 Å². The highest BCUT2D eigenvalue weighted by atomic mass is 32.2. The number of halogens is 1. The van der Waals surface area contributed by atoms with Gasteiger partial charge in [-0.15, -0.1) is 0 Å². The lowest BCUT2D eigenvalue weighted by Crippen LogP contribution is -2.29. The summed E-state index contributed by atoms with van der Waals surface area (Å²) in [6.45, 7) is 0.283. The number of benzene rings is 1. The number of nitro groups is 1. The number of nitrogens with zero attached hydrogens (tertiary/aromatic N) is 1. The van der Waals surface area contributed by atoms with Crippen LogP contribution in [0.4, 0.5) is 10.1 Å². The van der Waals surface area contributed by atoms with Gasteiger partial charge in [-0.3, -0.25) is 10.1 Å². The smallest absolute Gasteiger partial charge is 0.258 e. The minimum absolute atomic E-state index is 0.229. The molecule has 1 aromatic rings. The number of hydrogen-bond acceptors (Lipinski definition) is 5. The Morgan fingerprint density at radius 1 is 1.50 bits per heavy atom. The van der Waals surface area contributed by atoms with Gasteiger partial charge in [-0.1, -0.05) is 0 Å². The molecule has 1 N–H and O–H groups in total. The van der Waals surface area contributed by atoms with Crippen LogP contribution in [0.1, 0.15) is 12.8 Å². The molecule has 1 unspecified atom stereocenters. The number of hydrogen-bond donors (Lipinski definition) is 1. The summed E-state index contributed by atoms with van der Waals surface area (Å²) in [7, 11) is -3.84. The number of nitrogens with one attached hydrogen (secondary N) is 1. The normalized spacial score (nSPS) is 19.1. The van der Waals surface area contributed by atoms with Gasteiger partial charge in [0.05, 0.1) is 9.82 Å². The van der Waals surface area contributed by atoms with Crippen LogP contribution in [-0.4, -0.2) is 30.9 Å². The van der Waals surface area contributed by atoms with Crippen molar-refractivity contribution in [1.82, 2.24) is 4.72 Å². The maximum atomic E-state index is 13.4. The fraction of sp³-hybridized carbons (Fsp3) is 0.455. The van der Waals surface area contributed by atoms with Gasteiger partial charge >= 0.3 is 5.69 Å². The van der Waals surface area contributed by atoms with Crippen LogP contribution in [0.3, 0.4) is 0 Å². The van der Waals surface area contributed by atoms with Crippen LogP contribution in [0.25, 0.3) is 0 Å². The first kappa shape index (κ1) is 15.2. The lowest BCUT2D eigenvalue weighted by molar-refractivity contribution is -0.387. The van der Waals surface area contributed by atoms with Crippen LogP contribution < -0.4 is 4.72 Å². The van der Waals surface area contributed by atoms with Gasteiger partial charge < -0.3 is 0 Å². The zero-order valence-electron chi connectivity index (χ0n) is 10.4. The number of nitro benzene ring substituents is 1. The minimum atomic E-state index is -3.84. The summed E-state index contributed by atoms with van der Waals surface area (Å²) in [5, 5.41) is 10.7. The SMILES string of the molecule is O=[N+]([O-])c1ccc(S(=O)(=O)NCC2CCCS2)cc1F. The van der Waals surface area contributed by atoms with E-state index in [9.17, 15) is 22.9 Å². The van der Waals surface area contributed by atoms with Gasteiger partial charge in [-0.05, 0) is 24.7 Å². The molecule has 20 heavy (non-hydrogen) atoms. The van der Waals surface area contributed by atoms with Crippen molar-refractivity contribution in [2.24, 2.45) is 0 Å². The molecule has 1 aromatic carbocycles. The third-order valence-electron chi connectivity index (χ3n) is 2.95. The summed E-state index contributed by atoms with van der Waals surface area (Å²) in [4.78, 5) is 9.28. The second-order valence-electron chi connectivity index (χ2n) is 4.36. The standard InChI is InChI=1S/C11H13FN2O4S2/c12-10-6-9(3-4-11(10)14(15)16)20(17,18)13-7-8-2-1-5-19-8/h3-4,6,8,13H,1-2,5,7H2. The van der Waals surface area contributed by atoms with Crippen molar-refractivity contribution in [2.45, 2.75) is 23.0 Å². The predicted octanol–water partition coefficient (Wildman–Crippen LogP) is 1.91. The fourth-order valence-electron chi connectivity index (χ4n) is 1.89. The van der Waals surface area contributed by atoms with Gasteiger partial charge in [-0.25, -0.2) is 13.1 Å². The second-order valence-corrected chi connectivity index (χ2v) is 7.53. The second kappa shape index (κ2) is 6.06. The number of thioether (sulfide) groups is 1. The molecule has 110 valence electrons. The van der Waals surface area contributed by atoms with Crippen molar-refractivity contribution in [3.05, 3.63) is 34.1 Å². The maximum Gasteiger partial charge on any atom is 0.304 e. The molecular formula is C11H13FN2O4S2. The monoisotopic (exact) mass is 320 g/mol. The van der Waals surface area contributed by atoms with Crippen LogP contribution in [0.15, 0.2) is 23.1 Å².